The van der Waals surface area contributed by atoms with E-state index in [1.54, 1.807) is 18.2 Å². The second-order valence-corrected chi connectivity index (χ2v) is 5.60. The molecule has 0 bridgehead atoms. The minimum Gasteiger partial charge on any atom is -0.481 e. The summed E-state index contributed by atoms with van der Waals surface area (Å²) in [4.78, 5) is 35.1. The molecule has 27 heavy (non-hydrogen) atoms. The molecule has 0 fully saturated rings. The first kappa shape index (κ1) is 19.7. The molecule has 0 radical (unpaired) electrons. The molecule has 2 aromatic rings. The minimum atomic E-state index is -1.02. The van der Waals surface area contributed by atoms with Crippen molar-refractivity contribution in [1.82, 2.24) is 10.6 Å². The molecule has 6 heteroatoms. The van der Waals surface area contributed by atoms with Gasteiger partial charge in [0.1, 0.15) is 5.70 Å². The Hall–Kier alpha value is -3.67. The van der Waals surface area contributed by atoms with Crippen LogP contribution in [0.2, 0.25) is 0 Å². The summed E-state index contributed by atoms with van der Waals surface area (Å²) in [7, 11) is 0. The van der Waals surface area contributed by atoms with Gasteiger partial charge in [0, 0.05) is 12.6 Å². The average Bonchev–Trinajstić information content (AvgIpc) is 2.67. The Morgan fingerprint density at radius 2 is 1.48 bits per heavy atom. The van der Waals surface area contributed by atoms with Crippen LogP contribution in [0.5, 0.6) is 0 Å². The van der Waals surface area contributed by atoms with Crippen molar-refractivity contribution in [3.63, 3.8) is 0 Å². The summed E-state index contributed by atoms with van der Waals surface area (Å²) in [5.41, 5.74) is 1.62. The van der Waals surface area contributed by atoms with E-state index in [-0.39, 0.29) is 18.7 Å². The topological polar surface area (TPSA) is 95.5 Å². The van der Waals surface area contributed by atoms with Gasteiger partial charge < -0.3 is 15.7 Å². The average molecular weight is 364 g/mol. The van der Waals surface area contributed by atoms with Crippen LogP contribution in [-0.2, 0) is 14.4 Å². The van der Waals surface area contributed by atoms with E-state index in [1.807, 2.05) is 48.5 Å². The maximum atomic E-state index is 12.3. The Balaban J connectivity index is 2.10. The number of carboxylic acid groups (broad SMARTS) is 1. The lowest BCUT2D eigenvalue weighted by Crippen LogP contribution is -2.35. The number of amides is 2. The molecule has 0 atom stereocenters. The number of benzene rings is 2. The molecule has 0 spiro atoms. The van der Waals surface area contributed by atoms with Gasteiger partial charge in [0.2, 0.25) is 5.91 Å². The molecule has 0 aliphatic heterocycles. The van der Waals surface area contributed by atoms with Crippen molar-refractivity contribution in [2.45, 2.75) is 6.42 Å². The van der Waals surface area contributed by atoms with Crippen molar-refractivity contribution in [1.29, 1.82) is 0 Å². The monoisotopic (exact) mass is 364 g/mol. The van der Waals surface area contributed by atoms with E-state index >= 15 is 0 Å². The number of rotatable bonds is 8. The largest absolute Gasteiger partial charge is 0.481 e. The van der Waals surface area contributed by atoms with Gasteiger partial charge in [0.05, 0.1) is 6.42 Å². The minimum absolute atomic E-state index is 0.0317. The summed E-state index contributed by atoms with van der Waals surface area (Å²) in [5.74, 6) is -2.03. The van der Waals surface area contributed by atoms with Crippen LogP contribution in [0.25, 0.3) is 12.2 Å². The molecule has 0 saturated heterocycles. The summed E-state index contributed by atoms with van der Waals surface area (Å²) in [5, 5.41) is 13.7. The number of aliphatic carboxylic acids is 1. The highest BCUT2D eigenvalue weighted by molar-refractivity contribution is 6.04. The Labute approximate surface area is 157 Å². The Morgan fingerprint density at radius 1 is 0.889 bits per heavy atom. The van der Waals surface area contributed by atoms with Crippen LogP contribution in [0.15, 0.2) is 72.4 Å². The molecule has 0 saturated carbocycles. The van der Waals surface area contributed by atoms with Crippen LogP contribution in [-0.4, -0.2) is 29.4 Å². The van der Waals surface area contributed by atoms with Gasteiger partial charge in [-0.3, -0.25) is 14.4 Å². The van der Waals surface area contributed by atoms with E-state index in [4.69, 9.17) is 5.11 Å². The molecule has 2 rings (SSSR count). The van der Waals surface area contributed by atoms with Crippen molar-refractivity contribution in [3.05, 3.63) is 83.6 Å². The van der Waals surface area contributed by atoms with Crippen molar-refractivity contribution < 1.29 is 19.5 Å². The number of carboxylic acids is 1. The first-order valence-corrected chi connectivity index (χ1v) is 8.35. The predicted molar refractivity (Wildman–Crippen MR) is 103 cm³/mol. The van der Waals surface area contributed by atoms with Crippen molar-refractivity contribution in [2.75, 3.05) is 6.54 Å². The highest BCUT2D eigenvalue weighted by Gasteiger charge is 2.12. The zero-order valence-electron chi connectivity index (χ0n) is 14.6. The highest BCUT2D eigenvalue weighted by atomic mass is 16.4. The molecule has 0 aromatic heterocycles. The fourth-order valence-corrected chi connectivity index (χ4v) is 2.16. The molecule has 2 aromatic carbocycles. The number of hydrogen-bond donors (Lipinski definition) is 3. The number of hydrogen-bond acceptors (Lipinski definition) is 3. The van der Waals surface area contributed by atoms with E-state index in [0.29, 0.717) is 0 Å². The lowest BCUT2D eigenvalue weighted by molar-refractivity contribution is -0.137. The van der Waals surface area contributed by atoms with Crippen LogP contribution in [0, 0.1) is 0 Å². The second-order valence-electron chi connectivity index (χ2n) is 5.60. The van der Waals surface area contributed by atoms with Gasteiger partial charge in [-0.05, 0) is 23.3 Å². The van der Waals surface area contributed by atoms with E-state index in [9.17, 15) is 14.4 Å². The quantitative estimate of drug-likeness (QED) is 0.627. The zero-order chi connectivity index (χ0) is 19.5. The molecular weight excluding hydrogens is 344 g/mol. The van der Waals surface area contributed by atoms with Crippen LogP contribution in [0.3, 0.4) is 0 Å². The molecular formula is C21H20N2O4. The lowest BCUT2D eigenvalue weighted by Gasteiger charge is -2.09. The molecule has 0 unspecified atom stereocenters. The van der Waals surface area contributed by atoms with E-state index in [0.717, 1.165) is 11.1 Å². The highest BCUT2D eigenvalue weighted by Crippen LogP contribution is 2.06. The normalized spacial score (nSPS) is 11.2. The molecule has 0 heterocycles. The van der Waals surface area contributed by atoms with Crippen molar-refractivity contribution in [3.8, 4) is 0 Å². The lowest BCUT2D eigenvalue weighted by atomic mass is 10.2. The zero-order valence-corrected chi connectivity index (χ0v) is 14.6. The Kier molecular flexibility index (Phi) is 7.53. The van der Waals surface area contributed by atoms with Gasteiger partial charge in [0.25, 0.3) is 5.91 Å². The van der Waals surface area contributed by atoms with Crippen molar-refractivity contribution >= 4 is 29.9 Å². The summed E-state index contributed by atoms with van der Waals surface area (Å²) < 4.78 is 0. The first-order valence-electron chi connectivity index (χ1n) is 8.35. The fourth-order valence-electron chi connectivity index (χ4n) is 2.16. The summed E-state index contributed by atoms with van der Waals surface area (Å²) >= 11 is 0. The van der Waals surface area contributed by atoms with Gasteiger partial charge in [-0.15, -0.1) is 0 Å². The number of carbonyl (C=O) groups excluding carboxylic acids is 2. The molecule has 0 aliphatic carbocycles. The van der Waals surface area contributed by atoms with Crippen molar-refractivity contribution in [2.24, 2.45) is 0 Å². The smallest absolute Gasteiger partial charge is 0.305 e. The van der Waals surface area contributed by atoms with Gasteiger partial charge >= 0.3 is 5.97 Å². The fraction of sp³-hybridized carbons (Fsp3) is 0.0952. The third kappa shape index (κ3) is 7.39. The van der Waals surface area contributed by atoms with E-state index in [2.05, 4.69) is 10.6 Å². The van der Waals surface area contributed by atoms with Gasteiger partial charge in [0.15, 0.2) is 0 Å². The maximum absolute atomic E-state index is 12.3. The third-order valence-electron chi connectivity index (χ3n) is 3.46. The van der Waals surface area contributed by atoms with Crippen LogP contribution in [0.4, 0.5) is 0 Å². The standard InChI is InChI=1S/C21H20N2O4/c24-19(12-11-16-7-3-1-4-8-16)23-18(15-17-9-5-2-6-10-17)21(27)22-14-13-20(25)26/h1-12,15H,13-14H2,(H,22,27)(H,23,24)(H,25,26). The molecule has 2 amide bonds. The molecule has 138 valence electrons. The third-order valence-corrected chi connectivity index (χ3v) is 3.46. The Morgan fingerprint density at radius 3 is 2.07 bits per heavy atom. The van der Waals surface area contributed by atoms with Gasteiger partial charge in [-0.2, -0.15) is 0 Å². The van der Waals surface area contributed by atoms with Crippen LogP contribution < -0.4 is 10.6 Å². The summed E-state index contributed by atoms with van der Waals surface area (Å²) in [6.07, 6.45) is 4.30. The van der Waals surface area contributed by atoms with Gasteiger partial charge in [-0.1, -0.05) is 60.7 Å². The summed E-state index contributed by atoms with van der Waals surface area (Å²) in [6, 6.07) is 18.3. The molecule has 3 N–H and O–H groups in total. The number of carbonyl (C=O) groups is 3. The second kappa shape index (κ2) is 10.4. The number of nitrogens with one attached hydrogen (secondary N) is 2. The van der Waals surface area contributed by atoms with Gasteiger partial charge in [-0.25, -0.2) is 0 Å². The van der Waals surface area contributed by atoms with Crippen LogP contribution >= 0.6 is 0 Å². The predicted octanol–water partition coefficient (Wildman–Crippen LogP) is 2.45. The van der Waals surface area contributed by atoms with E-state index < -0.39 is 17.8 Å². The SMILES string of the molecule is O=C(O)CCNC(=O)C(=Cc1ccccc1)NC(=O)C=Cc1ccccc1. The van der Waals surface area contributed by atoms with Crippen LogP contribution in [0.1, 0.15) is 17.5 Å². The Bertz CT molecular complexity index is 843. The summed E-state index contributed by atoms with van der Waals surface area (Å²) in [6.45, 7) is -0.0317. The first-order chi connectivity index (χ1) is 13.0. The van der Waals surface area contributed by atoms with E-state index in [1.165, 1.54) is 12.2 Å². The molecule has 0 aliphatic rings. The molecule has 6 nitrogen and oxygen atoms in total. The maximum Gasteiger partial charge on any atom is 0.305 e.